The molecule has 0 aliphatic carbocycles. The zero-order chi connectivity index (χ0) is 24.8. The van der Waals surface area contributed by atoms with Crippen LogP contribution in [0.1, 0.15) is 206 Å². The van der Waals surface area contributed by atoms with Gasteiger partial charge in [0, 0.05) is 12.8 Å². The molecule has 0 fully saturated rings. The molecule has 0 saturated carbocycles. The summed E-state index contributed by atoms with van der Waals surface area (Å²) in [5.74, 6) is 0.524. The number of ketones is 1. The van der Waals surface area contributed by atoms with Gasteiger partial charge in [0.25, 0.3) is 0 Å². The first-order valence-electron chi connectivity index (χ1n) is 16.3. The van der Waals surface area contributed by atoms with Gasteiger partial charge in [-0.2, -0.15) is 0 Å². The normalized spacial score (nSPS) is 11.4. The monoisotopic (exact) mass is 479 g/mol. The lowest BCUT2D eigenvalue weighted by Crippen LogP contribution is -1.97. The molecule has 0 heterocycles. The molecular formula is C33H66O. The number of rotatable bonds is 30. The highest BCUT2D eigenvalue weighted by molar-refractivity contribution is 5.78. The van der Waals surface area contributed by atoms with Crippen LogP contribution in [-0.2, 0) is 4.79 Å². The van der Waals surface area contributed by atoms with E-state index in [2.05, 4.69) is 13.8 Å². The second-order valence-corrected chi connectivity index (χ2v) is 11.2. The number of carbonyl (C=O) groups is 1. The van der Waals surface area contributed by atoms with E-state index in [1.807, 2.05) is 0 Å². The lowest BCUT2D eigenvalue weighted by molar-refractivity contribution is -0.119. The standard InChI is InChI=1S/C33H66O/c1-3-5-7-9-11-13-15-16-17-18-19-20-21-22-24-26-28-30-32-33(34)31-29-27-25-23-14-12-10-8-6-4-2/h3-32H2,1-2H3. The van der Waals surface area contributed by atoms with Gasteiger partial charge >= 0.3 is 0 Å². The third-order valence-electron chi connectivity index (χ3n) is 7.62. The van der Waals surface area contributed by atoms with E-state index in [9.17, 15) is 4.79 Å². The van der Waals surface area contributed by atoms with Crippen molar-refractivity contribution in [2.75, 3.05) is 0 Å². The van der Waals surface area contributed by atoms with Crippen molar-refractivity contribution in [1.29, 1.82) is 0 Å². The van der Waals surface area contributed by atoms with E-state index in [0.29, 0.717) is 5.78 Å². The second-order valence-electron chi connectivity index (χ2n) is 11.2. The fourth-order valence-corrected chi connectivity index (χ4v) is 5.16. The molecular weight excluding hydrogens is 412 g/mol. The first kappa shape index (κ1) is 33.7. The molecule has 0 aliphatic heterocycles. The molecule has 0 radical (unpaired) electrons. The predicted molar refractivity (Wildman–Crippen MR) is 155 cm³/mol. The van der Waals surface area contributed by atoms with Crippen LogP contribution in [0.15, 0.2) is 0 Å². The molecule has 0 spiro atoms. The molecule has 0 N–H and O–H groups in total. The van der Waals surface area contributed by atoms with E-state index < -0.39 is 0 Å². The van der Waals surface area contributed by atoms with E-state index in [-0.39, 0.29) is 0 Å². The van der Waals surface area contributed by atoms with Gasteiger partial charge in [0.15, 0.2) is 0 Å². The summed E-state index contributed by atoms with van der Waals surface area (Å²) in [7, 11) is 0. The van der Waals surface area contributed by atoms with Gasteiger partial charge in [-0.25, -0.2) is 0 Å². The minimum Gasteiger partial charge on any atom is -0.300 e. The Morgan fingerprint density at radius 2 is 0.471 bits per heavy atom. The molecule has 34 heavy (non-hydrogen) atoms. The largest absolute Gasteiger partial charge is 0.300 e. The molecule has 204 valence electrons. The minimum absolute atomic E-state index is 0.524. The molecule has 1 heteroatoms. The van der Waals surface area contributed by atoms with E-state index >= 15 is 0 Å². The van der Waals surface area contributed by atoms with Crippen molar-refractivity contribution in [2.24, 2.45) is 0 Å². The molecule has 0 unspecified atom stereocenters. The van der Waals surface area contributed by atoms with Crippen LogP contribution in [0.5, 0.6) is 0 Å². The van der Waals surface area contributed by atoms with E-state index in [0.717, 1.165) is 25.7 Å². The predicted octanol–water partition coefficient (Wildman–Crippen LogP) is 12.3. The third-order valence-corrected chi connectivity index (χ3v) is 7.62. The highest BCUT2D eigenvalue weighted by atomic mass is 16.1. The molecule has 0 atom stereocenters. The van der Waals surface area contributed by atoms with Crippen molar-refractivity contribution >= 4 is 5.78 Å². The highest BCUT2D eigenvalue weighted by Gasteiger charge is 2.02. The van der Waals surface area contributed by atoms with Crippen molar-refractivity contribution in [3.8, 4) is 0 Å². The van der Waals surface area contributed by atoms with Crippen molar-refractivity contribution < 1.29 is 4.79 Å². The van der Waals surface area contributed by atoms with E-state index in [1.165, 1.54) is 167 Å². The Labute approximate surface area is 217 Å². The number of hydrogen-bond acceptors (Lipinski definition) is 1. The lowest BCUT2D eigenvalue weighted by atomic mass is 10.0. The van der Waals surface area contributed by atoms with Crippen molar-refractivity contribution in [3.05, 3.63) is 0 Å². The quantitative estimate of drug-likeness (QED) is 0.0938. The summed E-state index contributed by atoms with van der Waals surface area (Å²) in [6, 6.07) is 0. The van der Waals surface area contributed by atoms with Crippen LogP contribution in [0, 0.1) is 0 Å². The maximum absolute atomic E-state index is 12.1. The molecule has 0 rings (SSSR count). The SMILES string of the molecule is CCCCCCCCCCCCCCCCCCCCC(=O)CCCCCCCCCCCC. The Bertz CT molecular complexity index is 375. The molecule has 1 nitrogen and oxygen atoms in total. The average molecular weight is 479 g/mol. The van der Waals surface area contributed by atoms with Crippen molar-refractivity contribution in [1.82, 2.24) is 0 Å². The molecule has 0 aromatic rings. The lowest BCUT2D eigenvalue weighted by Gasteiger charge is -2.04. The molecule has 0 saturated heterocycles. The topological polar surface area (TPSA) is 17.1 Å². The van der Waals surface area contributed by atoms with Gasteiger partial charge in [-0.3, -0.25) is 4.79 Å². The van der Waals surface area contributed by atoms with Crippen LogP contribution in [0.25, 0.3) is 0 Å². The van der Waals surface area contributed by atoms with E-state index in [1.54, 1.807) is 0 Å². The Morgan fingerprint density at radius 1 is 0.294 bits per heavy atom. The number of unbranched alkanes of at least 4 members (excludes halogenated alkanes) is 26. The second kappa shape index (κ2) is 30.7. The fourth-order valence-electron chi connectivity index (χ4n) is 5.16. The van der Waals surface area contributed by atoms with Gasteiger partial charge < -0.3 is 0 Å². The molecule has 0 aliphatic rings. The Hall–Kier alpha value is -0.330. The number of carbonyl (C=O) groups excluding carboxylic acids is 1. The van der Waals surface area contributed by atoms with Crippen LogP contribution >= 0.6 is 0 Å². The molecule has 0 amide bonds. The van der Waals surface area contributed by atoms with E-state index in [4.69, 9.17) is 0 Å². The molecule has 0 aromatic carbocycles. The summed E-state index contributed by atoms with van der Waals surface area (Å²) in [5, 5.41) is 0. The average Bonchev–Trinajstić information content (AvgIpc) is 2.84. The minimum atomic E-state index is 0.524. The fraction of sp³-hybridized carbons (Fsp3) is 0.970. The Kier molecular flexibility index (Phi) is 30.4. The summed E-state index contributed by atoms with van der Waals surface area (Å²) in [4.78, 5) is 12.1. The number of Topliss-reactive ketones (excluding diaryl/α,β-unsaturated/α-hetero) is 1. The first-order chi connectivity index (χ1) is 16.8. The maximum Gasteiger partial charge on any atom is 0.132 e. The van der Waals surface area contributed by atoms with Crippen LogP contribution in [-0.4, -0.2) is 5.78 Å². The first-order valence-corrected chi connectivity index (χ1v) is 16.3. The van der Waals surface area contributed by atoms with Crippen LogP contribution in [0.4, 0.5) is 0 Å². The zero-order valence-corrected chi connectivity index (χ0v) is 24.1. The number of hydrogen-bond donors (Lipinski definition) is 0. The third kappa shape index (κ3) is 29.7. The van der Waals surface area contributed by atoms with Crippen molar-refractivity contribution in [3.63, 3.8) is 0 Å². The summed E-state index contributed by atoms with van der Waals surface area (Å²) < 4.78 is 0. The van der Waals surface area contributed by atoms with Gasteiger partial charge in [0.1, 0.15) is 5.78 Å². The zero-order valence-electron chi connectivity index (χ0n) is 24.1. The van der Waals surface area contributed by atoms with Crippen molar-refractivity contribution in [2.45, 2.75) is 206 Å². The van der Waals surface area contributed by atoms with Gasteiger partial charge in [0.05, 0.1) is 0 Å². The summed E-state index contributed by atoms with van der Waals surface area (Å²) in [6.45, 7) is 4.58. The van der Waals surface area contributed by atoms with Gasteiger partial charge in [-0.05, 0) is 12.8 Å². The molecule has 0 bridgehead atoms. The molecule has 0 aromatic heterocycles. The maximum atomic E-state index is 12.1. The van der Waals surface area contributed by atoms with Gasteiger partial charge in [-0.15, -0.1) is 0 Å². The van der Waals surface area contributed by atoms with Crippen LogP contribution in [0.2, 0.25) is 0 Å². The smallest absolute Gasteiger partial charge is 0.132 e. The Morgan fingerprint density at radius 3 is 0.676 bits per heavy atom. The summed E-state index contributed by atoms with van der Waals surface area (Å²) >= 11 is 0. The van der Waals surface area contributed by atoms with Crippen LogP contribution in [0.3, 0.4) is 0 Å². The summed E-state index contributed by atoms with van der Waals surface area (Å²) in [5.41, 5.74) is 0. The summed E-state index contributed by atoms with van der Waals surface area (Å²) in [6.07, 6.45) is 40.5. The van der Waals surface area contributed by atoms with Gasteiger partial charge in [0.2, 0.25) is 0 Å². The van der Waals surface area contributed by atoms with Gasteiger partial charge in [-0.1, -0.05) is 181 Å². The Balaban J connectivity index is 3.12. The van der Waals surface area contributed by atoms with Crippen LogP contribution < -0.4 is 0 Å². The highest BCUT2D eigenvalue weighted by Crippen LogP contribution is 2.15.